The van der Waals surface area contributed by atoms with Gasteiger partial charge in [-0.05, 0) is 53.6 Å². The highest BCUT2D eigenvalue weighted by Crippen LogP contribution is 2.22. The van der Waals surface area contributed by atoms with Gasteiger partial charge in [0, 0.05) is 5.02 Å². The third kappa shape index (κ3) is 5.86. The molecule has 29 heavy (non-hydrogen) atoms. The molecule has 0 aliphatic rings. The summed E-state index contributed by atoms with van der Waals surface area (Å²) in [6.07, 6.45) is 1.50. The van der Waals surface area contributed by atoms with Crippen LogP contribution in [0.25, 0.3) is 6.08 Å². The number of ether oxygens (including phenoxy) is 1. The second-order valence-electron chi connectivity index (χ2n) is 6.09. The fourth-order valence-electron chi connectivity index (χ4n) is 2.56. The van der Waals surface area contributed by atoms with Crippen LogP contribution in [0.5, 0.6) is 5.75 Å². The third-order valence-corrected chi connectivity index (χ3v) is 4.52. The summed E-state index contributed by atoms with van der Waals surface area (Å²) >= 11 is 12.0. The first-order chi connectivity index (χ1) is 14.0. The first-order valence-electron chi connectivity index (χ1n) is 8.70. The average Bonchev–Trinajstić information content (AvgIpc) is 2.72. The number of carbonyl (C=O) groups excluding carboxylic acids is 1. The minimum Gasteiger partial charge on any atom is -0.489 e. The average molecular weight is 423 g/mol. The third-order valence-electron chi connectivity index (χ3n) is 3.95. The van der Waals surface area contributed by atoms with E-state index >= 15 is 0 Å². The summed E-state index contributed by atoms with van der Waals surface area (Å²) in [5, 5.41) is 13.1. The fourth-order valence-corrected chi connectivity index (χ4v) is 2.95. The van der Waals surface area contributed by atoms with Gasteiger partial charge in [-0.3, -0.25) is 4.79 Å². The van der Waals surface area contributed by atoms with E-state index in [0.717, 1.165) is 5.56 Å². The number of rotatable bonds is 6. The number of nitrogens with one attached hydrogen (secondary N) is 1. The van der Waals surface area contributed by atoms with E-state index in [0.29, 0.717) is 33.7 Å². The first-order valence-corrected chi connectivity index (χ1v) is 9.46. The van der Waals surface area contributed by atoms with Crippen molar-refractivity contribution in [3.05, 3.63) is 99.5 Å². The van der Waals surface area contributed by atoms with Crippen LogP contribution in [0.2, 0.25) is 10.0 Å². The van der Waals surface area contributed by atoms with E-state index in [9.17, 15) is 10.1 Å². The van der Waals surface area contributed by atoms with Gasteiger partial charge < -0.3 is 10.1 Å². The standard InChI is InChI=1S/C23H16Cl2N2O2/c24-19-7-3-6-17(12-19)15-29-20-8-4-5-16(13-20)11-18(14-26)23(28)27-22-10-2-1-9-21(22)25/h1-13H,15H2,(H,27,28)/b18-11-. The van der Waals surface area contributed by atoms with E-state index in [1.807, 2.05) is 24.3 Å². The van der Waals surface area contributed by atoms with Crippen LogP contribution >= 0.6 is 23.2 Å². The van der Waals surface area contributed by atoms with Crippen molar-refractivity contribution in [3.63, 3.8) is 0 Å². The zero-order chi connectivity index (χ0) is 20.6. The molecule has 0 heterocycles. The van der Waals surface area contributed by atoms with E-state index in [4.69, 9.17) is 27.9 Å². The summed E-state index contributed by atoms with van der Waals surface area (Å²) in [4.78, 5) is 12.4. The molecule has 0 unspecified atom stereocenters. The predicted octanol–water partition coefficient (Wildman–Crippen LogP) is 6.12. The molecule has 3 aromatic carbocycles. The maximum Gasteiger partial charge on any atom is 0.266 e. The van der Waals surface area contributed by atoms with Gasteiger partial charge >= 0.3 is 0 Å². The minimum absolute atomic E-state index is 0.0445. The number of para-hydroxylation sites is 1. The van der Waals surface area contributed by atoms with Crippen molar-refractivity contribution >= 4 is 40.9 Å². The van der Waals surface area contributed by atoms with Crippen LogP contribution in [0.1, 0.15) is 11.1 Å². The fraction of sp³-hybridized carbons (Fsp3) is 0.0435. The van der Waals surface area contributed by atoms with Gasteiger partial charge in [0.1, 0.15) is 24.0 Å². The lowest BCUT2D eigenvalue weighted by Gasteiger charge is -2.08. The normalized spacial score (nSPS) is 10.9. The summed E-state index contributed by atoms with van der Waals surface area (Å²) in [5.74, 6) is 0.0772. The molecule has 0 fully saturated rings. The zero-order valence-corrected chi connectivity index (χ0v) is 16.7. The van der Waals surface area contributed by atoms with Crippen LogP contribution in [-0.4, -0.2) is 5.91 Å². The Kier molecular flexibility index (Phi) is 6.91. The van der Waals surface area contributed by atoms with Crippen LogP contribution in [-0.2, 0) is 11.4 Å². The molecule has 0 spiro atoms. The molecule has 3 rings (SSSR count). The van der Waals surface area contributed by atoms with Crippen LogP contribution in [0.3, 0.4) is 0 Å². The lowest BCUT2D eigenvalue weighted by Crippen LogP contribution is -2.13. The Morgan fingerprint density at radius 2 is 1.83 bits per heavy atom. The van der Waals surface area contributed by atoms with Gasteiger partial charge in [0.2, 0.25) is 0 Å². The molecule has 3 aromatic rings. The lowest BCUT2D eigenvalue weighted by molar-refractivity contribution is -0.112. The SMILES string of the molecule is N#C/C(=C/c1cccc(OCc2cccc(Cl)c2)c1)C(=O)Nc1ccccc1Cl. The van der Waals surface area contributed by atoms with Gasteiger partial charge in [-0.1, -0.05) is 59.6 Å². The van der Waals surface area contributed by atoms with E-state index in [-0.39, 0.29) is 5.57 Å². The van der Waals surface area contributed by atoms with Gasteiger partial charge in [-0.15, -0.1) is 0 Å². The van der Waals surface area contributed by atoms with Crippen molar-refractivity contribution in [2.45, 2.75) is 6.61 Å². The summed E-state index contributed by atoms with van der Waals surface area (Å²) in [7, 11) is 0. The summed E-state index contributed by atoms with van der Waals surface area (Å²) < 4.78 is 5.79. The Balaban J connectivity index is 1.72. The second-order valence-corrected chi connectivity index (χ2v) is 6.94. The van der Waals surface area contributed by atoms with Gasteiger partial charge in [0.15, 0.2) is 0 Å². The monoisotopic (exact) mass is 422 g/mol. The maximum absolute atomic E-state index is 12.4. The highest BCUT2D eigenvalue weighted by molar-refractivity contribution is 6.34. The zero-order valence-electron chi connectivity index (χ0n) is 15.2. The minimum atomic E-state index is -0.536. The number of anilines is 1. The molecule has 0 bridgehead atoms. The molecular weight excluding hydrogens is 407 g/mol. The van der Waals surface area contributed by atoms with Crippen molar-refractivity contribution in [3.8, 4) is 11.8 Å². The Bertz CT molecular complexity index is 1100. The number of nitrogens with zero attached hydrogens (tertiary/aromatic N) is 1. The quantitative estimate of drug-likeness (QED) is 0.384. The molecule has 1 amide bonds. The largest absolute Gasteiger partial charge is 0.489 e. The van der Waals surface area contributed by atoms with Gasteiger partial charge in [0.05, 0.1) is 10.7 Å². The molecule has 0 saturated heterocycles. The predicted molar refractivity (Wildman–Crippen MR) is 116 cm³/mol. The molecule has 0 aromatic heterocycles. The molecule has 0 atom stereocenters. The van der Waals surface area contributed by atoms with Crippen molar-refractivity contribution in [1.82, 2.24) is 0 Å². The molecular formula is C23H16Cl2N2O2. The number of hydrogen-bond donors (Lipinski definition) is 1. The molecule has 4 nitrogen and oxygen atoms in total. The summed E-state index contributed by atoms with van der Waals surface area (Å²) in [5.41, 5.74) is 2.01. The van der Waals surface area contributed by atoms with Gasteiger partial charge in [0.25, 0.3) is 5.91 Å². The van der Waals surface area contributed by atoms with Crippen LogP contribution in [0.4, 0.5) is 5.69 Å². The molecule has 0 aliphatic heterocycles. The topological polar surface area (TPSA) is 62.1 Å². The number of halogens is 2. The maximum atomic E-state index is 12.4. The van der Waals surface area contributed by atoms with Gasteiger partial charge in [-0.2, -0.15) is 5.26 Å². The molecule has 0 saturated carbocycles. The Morgan fingerprint density at radius 3 is 2.59 bits per heavy atom. The van der Waals surface area contributed by atoms with Crippen LogP contribution < -0.4 is 10.1 Å². The number of benzene rings is 3. The van der Waals surface area contributed by atoms with Crippen molar-refractivity contribution in [2.75, 3.05) is 5.32 Å². The van der Waals surface area contributed by atoms with E-state index < -0.39 is 5.91 Å². The molecule has 6 heteroatoms. The number of nitriles is 1. The number of hydrogen-bond acceptors (Lipinski definition) is 3. The van der Waals surface area contributed by atoms with E-state index in [1.54, 1.807) is 54.6 Å². The van der Waals surface area contributed by atoms with Gasteiger partial charge in [-0.25, -0.2) is 0 Å². The highest BCUT2D eigenvalue weighted by atomic mass is 35.5. The Hall–Kier alpha value is -3.26. The summed E-state index contributed by atoms with van der Waals surface area (Å²) in [6.45, 7) is 0.353. The van der Waals surface area contributed by atoms with Crippen molar-refractivity contribution < 1.29 is 9.53 Å². The Morgan fingerprint density at radius 1 is 1.03 bits per heavy atom. The molecule has 144 valence electrons. The molecule has 0 radical (unpaired) electrons. The van der Waals surface area contributed by atoms with Crippen LogP contribution in [0, 0.1) is 11.3 Å². The van der Waals surface area contributed by atoms with Crippen molar-refractivity contribution in [2.24, 2.45) is 0 Å². The molecule has 0 aliphatic carbocycles. The first kappa shape index (κ1) is 20.5. The Labute approximate surface area is 179 Å². The molecule has 1 N–H and O–H groups in total. The van der Waals surface area contributed by atoms with Crippen LogP contribution in [0.15, 0.2) is 78.4 Å². The number of amides is 1. The smallest absolute Gasteiger partial charge is 0.266 e. The highest BCUT2D eigenvalue weighted by Gasteiger charge is 2.11. The lowest BCUT2D eigenvalue weighted by atomic mass is 10.1. The summed E-state index contributed by atoms with van der Waals surface area (Å²) in [6, 6.07) is 23.3. The number of carbonyl (C=O) groups is 1. The van der Waals surface area contributed by atoms with Crippen molar-refractivity contribution in [1.29, 1.82) is 5.26 Å². The van der Waals surface area contributed by atoms with E-state index in [2.05, 4.69) is 5.32 Å². The van der Waals surface area contributed by atoms with E-state index in [1.165, 1.54) is 6.08 Å². The second kappa shape index (κ2) is 9.79.